The summed E-state index contributed by atoms with van der Waals surface area (Å²) < 4.78 is 15.1. The molecule has 1 atom stereocenters. The van der Waals surface area contributed by atoms with E-state index in [1.54, 1.807) is 6.07 Å². The molecule has 2 rings (SSSR count). The minimum absolute atomic E-state index is 0.0138. The van der Waals surface area contributed by atoms with Gasteiger partial charge in [0.05, 0.1) is 5.52 Å². The van der Waals surface area contributed by atoms with Crippen molar-refractivity contribution in [2.75, 3.05) is 0 Å². The molecular weight excluding hydrogens is 327 g/mol. The zero-order valence-corrected chi connectivity index (χ0v) is 13.0. The number of hydrogen-bond donors (Lipinski definition) is 3. The van der Waals surface area contributed by atoms with Crippen LogP contribution in [0.2, 0.25) is 5.02 Å². The van der Waals surface area contributed by atoms with E-state index >= 15 is 0 Å². The Labute approximate surface area is 136 Å². The van der Waals surface area contributed by atoms with E-state index in [1.807, 2.05) is 23.8 Å². The van der Waals surface area contributed by atoms with E-state index in [4.69, 9.17) is 27.5 Å². The Balaban J connectivity index is 0.000000284. The average Bonchev–Trinajstić information content (AvgIpc) is 2.84. The lowest BCUT2D eigenvalue weighted by Gasteiger charge is -2.09. The Bertz CT molecular complexity index is 724. The molecule has 124 valence electrons. The maximum atomic E-state index is 13.3. The summed E-state index contributed by atoms with van der Waals surface area (Å²) in [7, 11) is 0. The number of aliphatic carboxylic acids is 2. The molecule has 0 amide bonds. The highest BCUT2D eigenvalue weighted by molar-refractivity contribution is 6.35. The van der Waals surface area contributed by atoms with Gasteiger partial charge >= 0.3 is 11.9 Å². The molecule has 0 bridgehead atoms. The second-order valence-corrected chi connectivity index (χ2v) is 5.13. The predicted molar refractivity (Wildman–Crippen MR) is 85.0 cm³/mol. The number of nitrogens with two attached hydrogens (primary N) is 1. The molecular formula is C15H16ClFN2O4. The average molecular weight is 343 g/mol. The van der Waals surface area contributed by atoms with Crippen LogP contribution in [0.4, 0.5) is 4.39 Å². The Morgan fingerprint density at radius 2 is 1.87 bits per heavy atom. The van der Waals surface area contributed by atoms with Gasteiger partial charge in [-0.15, -0.1) is 0 Å². The fourth-order valence-corrected chi connectivity index (χ4v) is 2.11. The van der Waals surface area contributed by atoms with E-state index in [1.165, 1.54) is 6.07 Å². The summed E-state index contributed by atoms with van der Waals surface area (Å²) in [5, 5.41) is 16.7. The van der Waals surface area contributed by atoms with Gasteiger partial charge in [0.2, 0.25) is 0 Å². The summed E-state index contributed by atoms with van der Waals surface area (Å²) in [6, 6.07) is 5.01. The van der Waals surface area contributed by atoms with Gasteiger partial charge in [-0.05, 0) is 25.1 Å². The summed E-state index contributed by atoms with van der Waals surface area (Å²) >= 11 is 5.92. The van der Waals surface area contributed by atoms with Crippen molar-refractivity contribution in [1.29, 1.82) is 0 Å². The molecule has 0 aliphatic carbocycles. The van der Waals surface area contributed by atoms with Crippen LogP contribution in [0, 0.1) is 5.82 Å². The van der Waals surface area contributed by atoms with Gasteiger partial charge in [0.1, 0.15) is 10.8 Å². The molecule has 0 radical (unpaired) electrons. The van der Waals surface area contributed by atoms with Crippen molar-refractivity contribution in [1.82, 2.24) is 4.57 Å². The molecule has 6 nitrogen and oxygen atoms in total. The van der Waals surface area contributed by atoms with Crippen molar-refractivity contribution < 1.29 is 24.2 Å². The molecule has 1 aromatic carbocycles. The molecule has 0 spiro atoms. The molecule has 8 heteroatoms. The van der Waals surface area contributed by atoms with Gasteiger partial charge in [0.25, 0.3) is 0 Å². The lowest BCUT2D eigenvalue weighted by Crippen LogP contribution is -2.21. The van der Waals surface area contributed by atoms with E-state index in [0.717, 1.165) is 5.39 Å². The molecule has 23 heavy (non-hydrogen) atoms. The summed E-state index contributed by atoms with van der Waals surface area (Å²) in [5.41, 5.74) is 6.42. The number of rotatable bonds is 4. The molecule has 2 aromatic rings. The lowest BCUT2D eigenvalue weighted by molar-refractivity contribution is -0.134. The van der Waals surface area contributed by atoms with Gasteiger partial charge in [-0.2, -0.15) is 0 Å². The summed E-state index contributed by atoms with van der Waals surface area (Å²) in [6.45, 7) is 2.53. The Morgan fingerprint density at radius 1 is 1.30 bits per heavy atom. The van der Waals surface area contributed by atoms with Gasteiger partial charge in [-0.25, -0.2) is 14.0 Å². The standard InChI is InChI=1S/C11H12ClFN2.C4H4O4/c1-7(14)6-15-5-4-8-2-3-9(13)10(12)11(8)15;5-3(6)1-2-4(7)8/h2-5,7H,6,14H2,1H3;1-2H,(H,5,6)(H,7,8). The first-order chi connectivity index (χ1) is 10.7. The molecule has 0 fully saturated rings. The third-order valence-electron chi connectivity index (χ3n) is 2.67. The number of nitrogens with zero attached hydrogens (tertiary/aromatic N) is 1. The van der Waals surface area contributed by atoms with E-state index in [0.29, 0.717) is 24.2 Å². The number of carbonyl (C=O) groups is 2. The highest BCUT2D eigenvalue weighted by Gasteiger charge is 2.10. The van der Waals surface area contributed by atoms with Crippen molar-refractivity contribution in [3.63, 3.8) is 0 Å². The molecule has 1 heterocycles. The maximum absolute atomic E-state index is 13.3. The van der Waals surface area contributed by atoms with Crippen molar-refractivity contribution in [3.05, 3.63) is 47.4 Å². The first-order valence-corrected chi connectivity index (χ1v) is 6.92. The number of carboxylic acid groups (broad SMARTS) is 2. The number of fused-ring (bicyclic) bond motifs is 1. The zero-order chi connectivity index (χ0) is 17.6. The van der Waals surface area contributed by atoms with Crippen molar-refractivity contribution in [2.24, 2.45) is 5.73 Å². The molecule has 4 N–H and O–H groups in total. The Kier molecular flexibility index (Phi) is 6.74. The van der Waals surface area contributed by atoms with Crippen molar-refractivity contribution >= 4 is 34.4 Å². The minimum atomic E-state index is -1.26. The predicted octanol–water partition coefficient (Wildman–Crippen LogP) is 2.49. The zero-order valence-electron chi connectivity index (χ0n) is 12.2. The van der Waals surface area contributed by atoms with Crippen LogP contribution in [0.15, 0.2) is 36.5 Å². The molecule has 0 saturated heterocycles. The Hall–Kier alpha value is -2.38. The monoisotopic (exact) mass is 342 g/mol. The van der Waals surface area contributed by atoms with Gasteiger partial charge < -0.3 is 20.5 Å². The molecule has 1 unspecified atom stereocenters. The summed E-state index contributed by atoms with van der Waals surface area (Å²) in [6.07, 6.45) is 2.99. The SMILES string of the molecule is CC(N)Cn1ccc2ccc(F)c(Cl)c21.O=C(O)C=CC(=O)O. The fraction of sp³-hybridized carbons (Fsp3) is 0.200. The van der Waals surface area contributed by atoms with Gasteiger partial charge in [-0.1, -0.05) is 11.6 Å². The molecule has 0 saturated carbocycles. The van der Waals surface area contributed by atoms with Gasteiger partial charge in [0, 0.05) is 36.3 Å². The van der Waals surface area contributed by atoms with Crippen LogP contribution in [-0.4, -0.2) is 32.8 Å². The number of carboxylic acids is 2. The van der Waals surface area contributed by atoms with Crippen LogP contribution >= 0.6 is 11.6 Å². The van der Waals surface area contributed by atoms with Crippen LogP contribution in [0.5, 0.6) is 0 Å². The third kappa shape index (κ3) is 5.72. The van der Waals surface area contributed by atoms with E-state index in [2.05, 4.69) is 0 Å². The number of aromatic nitrogens is 1. The fourth-order valence-electron chi connectivity index (χ4n) is 1.83. The maximum Gasteiger partial charge on any atom is 0.328 e. The van der Waals surface area contributed by atoms with Gasteiger partial charge in [-0.3, -0.25) is 0 Å². The third-order valence-corrected chi connectivity index (χ3v) is 3.03. The Morgan fingerprint density at radius 3 is 2.35 bits per heavy atom. The van der Waals surface area contributed by atoms with E-state index < -0.39 is 17.8 Å². The smallest absolute Gasteiger partial charge is 0.328 e. The summed E-state index contributed by atoms with van der Waals surface area (Å²) in [5.74, 6) is -2.91. The van der Waals surface area contributed by atoms with E-state index in [-0.39, 0.29) is 11.1 Å². The normalized spacial score (nSPS) is 12.0. The first-order valence-electron chi connectivity index (χ1n) is 6.54. The van der Waals surface area contributed by atoms with Crippen LogP contribution in [0.1, 0.15) is 6.92 Å². The number of hydrogen-bond acceptors (Lipinski definition) is 3. The van der Waals surface area contributed by atoms with E-state index in [9.17, 15) is 14.0 Å². The number of benzene rings is 1. The molecule has 1 aromatic heterocycles. The quantitative estimate of drug-likeness (QED) is 0.740. The topological polar surface area (TPSA) is 106 Å². The van der Waals surface area contributed by atoms with Crippen molar-refractivity contribution in [3.8, 4) is 0 Å². The number of halogens is 2. The lowest BCUT2D eigenvalue weighted by atomic mass is 10.2. The second-order valence-electron chi connectivity index (χ2n) is 4.75. The highest BCUT2D eigenvalue weighted by Crippen LogP contribution is 2.27. The van der Waals surface area contributed by atoms with Gasteiger partial charge in [0.15, 0.2) is 0 Å². The molecule has 0 aliphatic heterocycles. The van der Waals surface area contributed by atoms with Crippen molar-refractivity contribution in [2.45, 2.75) is 19.5 Å². The molecule has 0 aliphatic rings. The highest BCUT2D eigenvalue weighted by atomic mass is 35.5. The second kappa shape index (κ2) is 8.30. The van der Waals surface area contributed by atoms with Crippen LogP contribution in [0.3, 0.4) is 0 Å². The minimum Gasteiger partial charge on any atom is -0.478 e. The van der Waals surface area contributed by atoms with Crippen LogP contribution in [-0.2, 0) is 16.1 Å². The largest absolute Gasteiger partial charge is 0.478 e. The van der Waals surface area contributed by atoms with Crippen LogP contribution < -0.4 is 5.73 Å². The summed E-state index contributed by atoms with van der Waals surface area (Å²) in [4.78, 5) is 19.1. The first kappa shape index (κ1) is 18.7. The van der Waals surface area contributed by atoms with Crippen LogP contribution in [0.25, 0.3) is 10.9 Å².